The van der Waals surface area contributed by atoms with Gasteiger partial charge in [-0.15, -0.1) is 0 Å². The van der Waals surface area contributed by atoms with Crippen molar-refractivity contribution in [2.75, 3.05) is 33.8 Å². The van der Waals surface area contributed by atoms with Gasteiger partial charge in [-0.2, -0.15) is 0 Å². The van der Waals surface area contributed by atoms with Crippen LogP contribution in [0.25, 0.3) is 0 Å². The highest BCUT2D eigenvalue weighted by Crippen LogP contribution is 2.10. The van der Waals surface area contributed by atoms with Crippen LogP contribution in [0, 0.1) is 0 Å². The summed E-state index contributed by atoms with van der Waals surface area (Å²) in [6.45, 7) is 6.62. The van der Waals surface area contributed by atoms with E-state index in [1.165, 1.54) is 13.1 Å². The molecule has 0 bridgehead atoms. The summed E-state index contributed by atoms with van der Waals surface area (Å²) in [5.74, 6) is 0. The molecule has 4 heteroatoms. The SMILES string of the molecule is CC1CN(C)C[C@@H](C)N1C.O=CCO. The van der Waals surface area contributed by atoms with Gasteiger partial charge in [0, 0.05) is 25.2 Å². The number of likely N-dealkylation sites (N-methyl/N-ethyl adjacent to an activating group) is 2. The van der Waals surface area contributed by atoms with E-state index in [4.69, 9.17) is 9.90 Å². The molecule has 1 rings (SSSR count). The minimum atomic E-state index is -0.361. The maximum absolute atomic E-state index is 8.92. The predicted molar refractivity (Wildman–Crippen MR) is 57.3 cm³/mol. The quantitative estimate of drug-likeness (QED) is 0.599. The molecule has 0 aromatic rings. The molecule has 0 saturated carbocycles. The lowest BCUT2D eigenvalue weighted by atomic mass is 10.1. The fourth-order valence-corrected chi connectivity index (χ4v) is 1.67. The monoisotopic (exact) mass is 202 g/mol. The van der Waals surface area contributed by atoms with E-state index in [0.717, 1.165) is 0 Å². The van der Waals surface area contributed by atoms with Gasteiger partial charge in [0.25, 0.3) is 0 Å². The summed E-state index contributed by atoms with van der Waals surface area (Å²) in [4.78, 5) is 13.8. The molecule has 0 radical (unpaired) electrons. The highest BCUT2D eigenvalue weighted by atomic mass is 16.3. The predicted octanol–water partition coefficient (Wildman–Crippen LogP) is -0.182. The zero-order valence-electron chi connectivity index (χ0n) is 9.60. The van der Waals surface area contributed by atoms with E-state index in [1.54, 1.807) is 0 Å². The standard InChI is InChI=1S/C8H18N2.C2H4O2/c1-7-5-9(3)6-8(2)10(7)4;3-1-2-4/h7-8H,5-6H2,1-4H3;1,4H,2H2/t7-,8?;/m1./s1. The van der Waals surface area contributed by atoms with Gasteiger partial charge in [0.15, 0.2) is 0 Å². The molecule has 0 aliphatic carbocycles. The third kappa shape index (κ3) is 4.69. The number of hydrogen-bond acceptors (Lipinski definition) is 4. The Labute approximate surface area is 86.5 Å². The second kappa shape index (κ2) is 6.92. The number of hydrogen-bond donors (Lipinski definition) is 1. The average Bonchev–Trinajstić information content (AvgIpc) is 2.14. The van der Waals surface area contributed by atoms with Crippen LogP contribution in [0.2, 0.25) is 0 Å². The summed E-state index contributed by atoms with van der Waals surface area (Å²) in [7, 11) is 4.41. The van der Waals surface area contributed by atoms with Crippen LogP contribution in [0.15, 0.2) is 0 Å². The molecule has 1 saturated heterocycles. The first-order valence-corrected chi connectivity index (χ1v) is 4.97. The molecule has 1 aliphatic rings. The Morgan fingerprint density at radius 1 is 1.29 bits per heavy atom. The molecule has 1 N–H and O–H groups in total. The Morgan fingerprint density at radius 2 is 1.64 bits per heavy atom. The smallest absolute Gasteiger partial charge is 0.145 e. The third-order valence-electron chi connectivity index (χ3n) is 2.62. The summed E-state index contributed by atoms with van der Waals surface area (Å²) < 4.78 is 0. The molecule has 1 fully saturated rings. The maximum atomic E-state index is 8.92. The Bertz CT molecular complexity index is 152. The fraction of sp³-hybridized carbons (Fsp3) is 0.900. The van der Waals surface area contributed by atoms with Crippen molar-refractivity contribution in [3.05, 3.63) is 0 Å². The number of rotatable bonds is 1. The van der Waals surface area contributed by atoms with Gasteiger partial charge in [0.05, 0.1) is 6.61 Å². The van der Waals surface area contributed by atoms with Crippen molar-refractivity contribution in [3.63, 3.8) is 0 Å². The van der Waals surface area contributed by atoms with Crippen LogP contribution in [0.3, 0.4) is 0 Å². The van der Waals surface area contributed by atoms with E-state index in [1.807, 2.05) is 0 Å². The van der Waals surface area contributed by atoms with Crippen molar-refractivity contribution in [1.82, 2.24) is 9.80 Å². The molecule has 0 aromatic carbocycles. The Hall–Kier alpha value is -0.450. The first-order valence-electron chi connectivity index (χ1n) is 4.97. The largest absolute Gasteiger partial charge is 0.389 e. The summed E-state index contributed by atoms with van der Waals surface area (Å²) in [6, 6.07) is 1.43. The van der Waals surface area contributed by atoms with E-state index in [-0.39, 0.29) is 6.61 Å². The lowest BCUT2D eigenvalue weighted by molar-refractivity contribution is -0.110. The lowest BCUT2D eigenvalue weighted by Crippen LogP contribution is -2.53. The van der Waals surface area contributed by atoms with Crippen LogP contribution >= 0.6 is 0 Å². The molecule has 4 nitrogen and oxygen atoms in total. The van der Waals surface area contributed by atoms with E-state index in [0.29, 0.717) is 18.4 Å². The molecule has 0 spiro atoms. The second-order valence-electron chi connectivity index (χ2n) is 3.93. The number of piperazine rings is 1. The van der Waals surface area contributed by atoms with Crippen molar-refractivity contribution in [2.45, 2.75) is 25.9 Å². The van der Waals surface area contributed by atoms with Crippen molar-refractivity contribution in [3.8, 4) is 0 Å². The van der Waals surface area contributed by atoms with Crippen LogP contribution in [-0.4, -0.2) is 67.1 Å². The van der Waals surface area contributed by atoms with E-state index >= 15 is 0 Å². The van der Waals surface area contributed by atoms with Crippen LogP contribution in [0.5, 0.6) is 0 Å². The van der Waals surface area contributed by atoms with Gasteiger partial charge in [-0.25, -0.2) is 0 Å². The number of aliphatic hydroxyl groups excluding tert-OH is 1. The molecular formula is C10H22N2O2. The molecule has 0 aromatic heterocycles. The lowest BCUT2D eigenvalue weighted by Gasteiger charge is -2.40. The molecule has 14 heavy (non-hydrogen) atoms. The summed E-state index contributed by atoms with van der Waals surface area (Å²) >= 11 is 0. The number of carbonyl (C=O) groups excluding carboxylic acids is 1. The van der Waals surface area contributed by atoms with Crippen LogP contribution in [0.4, 0.5) is 0 Å². The van der Waals surface area contributed by atoms with E-state index < -0.39 is 0 Å². The molecule has 84 valence electrons. The number of aliphatic hydroxyl groups is 1. The highest BCUT2D eigenvalue weighted by Gasteiger charge is 2.23. The summed E-state index contributed by atoms with van der Waals surface area (Å²) in [5, 5.41) is 7.51. The minimum absolute atomic E-state index is 0.361. The molecule has 0 amide bonds. The molecule has 1 heterocycles. The zero-order chi connectivity index (χ0) is 11.1. The third-order valence-corrected chi connectivity index (χ3v) is 2.62. The molecule has 1 aliphatic heterocycles. The van der Waals surface area contributed by atoms with Crippen LogP contribution in [0.1, 0.15) is 13.8 Å². The van der Waals surface area contributed by atoms with Crippen LogP contribution < -0.4 is 0 Å². The van der Waals surface area contributed by atoms with Gasteiger partial charge >= 0.3 is 0 Å². The summed E-state index contributed by atoms with van der Waals surface area (Å²) in [6.07, 6.45) is 0.431. The number of nitrogens with zero attached hydrogens (tertiary/aromatic N) is 2. The first kappa shape index (κ1) is 13.5. The van der Waals surface area contributed by atoms with Gasteiger partial charge in [0.1, 0.15) is 6.29 Å². The first-order chi connectivity index (χ1) is 6.52. The van der Waals surface area contributed by atoms with Gasteiger partial charge < -0.3 is 14.8 Å². The normalized spacial score (nSPS) is 29.2. The Balaban J connectivity index is 0.000000364. The second-order valence-corrected chi connectivity index (χ2v) is 3.93. The van der Waals surface area contributed by atoms with E-state index in [2.05, 4.69) is 37.7 Å². The van der Waals surface area contributed by atoms with Crippen LogP contribution in [-0.2, 0) is 4.79 Å². The van der Waals surface area contributed by atoms with Crippen molar-refractivity contribution in [1.29, 1.82) is 0 Å². The van der Waals surface area contributed by atoms with Gasteiger partial charge in [-0.1, -0.05) is 0 Å². The van der Waals surface area contributed by atoms with Crippen molar-refractivity contribution in [2.24, 2.45) is 0 Å². The maximum Gasteiger partial charge on any atom is 0.145 e. The zero-order valence-corrected chi connectivity index (χ0v) is 9.60. The Kier molecular flexibility index (Phi) is 6.70. The van der Waals surface area contributed by atoms with Gasteiger partial charge in [0.2, 0.25) is 0 Å². The average molecular weight is 202 g/mol. The number of carbonyl (C=O) groups is 1. The number of aldehydes is 1. The van der Waals surface area contributed by atoms with E-state index in [9.17, 15) is 0 Å². The van der Waals surface area contributed by atoms with Crippen molar-refractivity contribution < 1.29 is 9.90 Å². The Morgan fingerprint density at radius 3 is 1.93 bits per heavy atom. The van der Waals surface area contributed by atoms with Crippen molar-refractivity contribution >= 4 is 6.29 Å². The highest BCUT2D eigenvalue weighted by molar-refractivity contribution is 5.49. The molecule has 2 atom stereocenters. The fourth-order valence-electron chi connectivity index (χ4n) is 1.67. The molecule has 1 unspecified atom stereocenters. The topological polar surface area (TPSA) is 43.8 Å². The summed E-state index contributed by atoms with van der Waals surface area (Å²) in [5.41, 5.74) is 0. The van der Waals surface area contributed by atoms with Gasteiger partial charge in [-0.3, -0.25) is 4.90 Å². The minimum Gasteiger partial charge on any atom is -0.389 e. The van der Waals surface area contributed by atoms with Gasteiger partial charge in [-0.05, 0) is 27.9 Å². The molecular weight excluding hydrogens is 180 g/mol.